The maximum absolute atomic E-state index is 12.8. The Morgan fingerprint density at radius 3 is 2.00 bits per heavy atom. The van der Waals surface area contributed by atoms with E-state index in [1.54, 1.807) is 0 Å². The van der Waals surface area contributed by atoms with E-state index in [0.29, 0.717) is 0 Å². The number of benzene rings is 2. The molecule has 2 aromatic carbocycles. The average molecular weight is 470 g/mol. The van der Waals surface area contributed by atoms with Crippen LogP contribution < -0.4 is 16.0 Å². The van der Waals surface area contributed by atoms with Gasteiger partial charge in [0.05, 0.1) is 6.54 Å². The van der Waals surface area contributed by atoms with Crippen LogP contribution in [0.3, 0.4) is 0 Å². The third-order valence-corrected chi connectivity index (χ3v) is 4.87. The second kappa shape index (κ2) is 13.6. The molecule has 2 atom stereocenters. The molecule has 0 bridgehead atoms. The van der Waals surface area contributed by atoms with Gasteiger partial charge in [0.1, 0.15) is 18.7 Å². The Morgan fingerprint density at radius 1 is 0.853 bits per heavy atom. The zero-order valence-electron chi connectivity index (χ0n) is 19.3. The van der Waals surface area contributed by atoms with E-state index in [1.165, 1.54) is 0 Å². The maximum Gasteiger partial charge on any atom is 0.408 e. The van der Waals surface area contributed by atoms with Crippen LogP contribution in [0.15, 0.2) is 60.7 Å². The predicted octanol–water partition coefficient (Wildman–Crippen LogP) is 2.26. The normalized spacial score (nSPS) is 12.3. The Hall–Kier alpha value is -3.88. The van der Waals surface area contributed by atoms with E-state index in [2.05, 4.69) is 16.0 Å². The number of nitrogens with one attached hydrogen (secondary N) is 3. The number of ether oxygens (including phenoxy) is 1. The largest absolute Gasteiger partial charge is 0.480 e. The minimum atomic E-state index is -1.14. The van der Waals surface area contributed by atoms with Crippen molar-refractivity contribution in [3.63, 3.8) is 0 Å². The van der Waals surface area contributed by atoms with E-state index in [-0.39, 0.29) is 25.4 Å². The van der Waals surface area contributed by atoms with Gasteiger partial charge in [0.2, 0.25) is 11.8 Å². The molecule has 9 nitrogen and oxygen atoms in total. The molecule has 4 N–H and O–H groups in total. The van der Waals surface area contributed by atoms with Gasteiger partial charge in [-0.15, -0.1) is 0 Å². The number of hydrogen-bond acceptors (Lipinski definition) is 5. The summed E-state index contributed by atoms with van der Waals surface area (Å²) in [4.78, 5) is 48.7. The zero-order chi connectivity index (χ0) is 24.9. The number of alkyl carbamates (subject to hydrolysis) is 1. The van der Waals surface area contributed by atoms with Gasteiger partial charge >= 0.3 is 12.1 Å². The summed E-state index contributed by atoms with van der Waals surface area (Å²) >= 11 is 0. The molecule has 0 aromatic heterocycles. The van der Waals surface area contributed by atoms with Gasteiger partial charge in [-0.1, -0.05) is 74.5 Å². The number of carbonyl (C=O) groups excluding carboxylic acids is 3. The molecule has 0 saturated heterocycles. The van der Waals surface area contributed by atoms with Gasteiger partial charge in [-0.3, -0.25) is 9.59 Å². The first-order valence-corrected chi connectivity index (χ1v) is 11.1. The molecule has 2 rings (SSSR count). The van der Waals surface area contributed by atoms with Crippen LogP contribution in [0.4, 0.5) is 4.79 Å². The number of carbonyl (C=O) groups is 4. The van der Waals surface area contributed by atoms with Gasteiger partial charge < -0.3 is 25.8 Å². The van der Waals surface area contributed by atoms with Crippen LogP contribution in [0, 0.1) is 5.92 Å². The lowest BCUT2D eigenvalue weighted by Gasteiger charge is -2.20. The lowest BCUT2D eigenvalue weighted by Crippen LogP contribution is -2.51. The summed E-state index contributed by atoms with van der Waals surface area (Å²) in [5.41, 5.74) is 1.60. The van der Waals surface area contributed by atoms with Crippen molar-refractivity contribution in [3.8, 4) is 0 Å². The van der Waals surface area contributed by atoms with Gasteiger partial charge in [0.15, 0.2) is 0 Å². The Balaban J connectivity index is 1.96. The number of carboxylic acids is 1. The molecule has 0 unspecified atom stereocenters. The molecule has 9 heteroatoms. The highest BCUT2D eigenvalue weighted by Crippen LogP contribution is 2.06. The van der Waals surface area contributed by atoms with E-state index in [9.17, 15) is 24.3 Å². The molecule has 0 fully saturated rings. The van der Waals surface area contributed by atoms with Crippen molar-refractivity contribution < 1.29 is 29.0 Å². The fourth-order valence-corrected chi connectivity index (χ4v) is 3.19. The Kier molecular flexibility index (Phi) is 10.6. The van der Waals surface area contributed by atoms with Crippen molar-refractivity contribution in [1.82, 2.24) is 16.0 Å². The molecule has 2 aromatic rings. The fraction of sp³-hybridized carbons (Fsp3) is 0.360. The van der Waals surface area contributed by atoms with Crippen LogP contribution in [0.5, 0.6) is 0 Å². The van der Waals surface area contributed by atoms with Gasteiger partial charge in [-0.05, 0) is 23.5 Å². The number of carboxylic acid groups (broad SMARTS) is 1. The van der Waals surface area contributed by atoms with Crippen molar-refractivity contribution >= 4 is 23.9 Å². The van der Waals surface area contributed by atoms with Gasteiger partial charge in [0.25, 0.3) is 0 Å². The molecule has 182 valence electrons. The summed E-state index contributed by atoms with van der Waals surface area (Å²) in [6.07, 6.45) is -0.326. The van der Waals surface area contributed by atoms with Crippen molar-refractivity contribution in [2.45, 2.75) is 45.4 Å². The molecule has 0 aliphatic heterocycles. The van der Waals surface area contributed by atoms with Crippen LogP contribution >= 0.6 is 0 Å². The average Bonchev–Trinajstić information content (AvgIpc) is 2.81. The van der Waals surface area contributed by atoms with Crippen LogP contribution in [0.25, 0.3) is 0 Å². The molecular formula is C25H31N3O6. The first kappa shape index (κ1) is 26.4. The Morgan fingerprint density at radius 2 is 1.44 bits per heavy atom. The lowest BCUT2D eigenvalue weighted by molar-refractivity contribution is -0.142. The van der Waals surface area contributed by atoms with E-state index >= 15 is 0 Å². The second-order valence-corrected chi connectivity index (χ2v) is 8.25. The molecule has 0 spiro atoms. The minimum Gasteiger partial charge on any atom is -0.480 e. The van der Waals surface area contributed by atoms with Crippen molar-refractivity contribution in [2.24, 2.45) is 5.92 Å². The first-order chi connectivity index (χ1) is 16.2. The summed E-state index contributed by atoms with van der Waals surface area (Å²) in [6, 6.07) is 16.2. The summed E-state index contributed by atoms with van der Waals surface area (Å²) in [6.45, 7) is 3.31. The van der Waals surface area contributed by atoms with E-state index in [1.807, 2.05) is 74.5 Å². The maximum atomic E-state index is 12.8. The standard InChI is InChI=1S/C25H31N3O6/c1-17(2)13-21(24(31)32)27-22(29)15-26-23(30)20(14-18-9-5-3-6-10-18)28-25(33)34-16-19-11-7-4-8-12-19/h3-12,17,20-21H,13-16H2,1-2H3,(H,26,30)(H,27,29)(H,28,33)(H,31,32)/t20-,21-/m0/s1. The smallest absolute Gasteiger partial charge is 0.408 e. The highest BCUT2D eigenvalue weighted by atomic mass is 16.5. The predicted molar refractivity (Wildman–Crippen MR) is 126 cm³/mol. The molecule has 0 radical (unpaired) electrons. The SMILES string of the molecule is CC(C)C[C@H](NC(=O)CNC(=O)[C@H](Cc1ccccc1)NC(=O)OCc1ccccc1)C(=O)O. The van der Waals surface area contributed by atoms with Crippen LogP contribution in [0.2, 0.25) is 0 Å². The molecule has 0 aliphatic rings. The zero-order valence-corrected chi connectivity index (χ0v) is 19.3. The number of hydrogen-bond donors (Lipinski definition) is 4. The quantitative estimate of drug-likeness (QED) is 0.377. The number of rotatable bonds is 12. The second-order valence-electron chi connectivity index (χ2n) is 8.25. The monoisotopic (exact) mass is 469 g/mol. The van der Waals surface area contributed by atoms with E-state index < -0.39 is 42.5 Å². The molecular weight excluding hydrogens is 438 g/mol. The molecule has 0 saturated carbocycles. The van der Waals surface area contributed by atoms with E-state index in [0.717, 1.165) is 11.1 Å². The Bertz CT molecular complexity index is 950. The third kappa shape index (κ3) is 9.72. The summed E-state index contributed by atoms with van der Waals surface area (Å²) in [5.74, 6) is -2.30. The molecule has 0 heterocycles. The van der Waals surface area contributed by atoms with Crippen molar-refractivity contribution in [1.29, 1.82) is 0 Å². The number of amides is 3. The fourth-order valence-electron chi connectivity index (χ4n) is 3.19. The van der Waals surface area contributed by atoms with Crippen LogP contribution in [-0.4, -0.2) is 47.6 Å². The highest BCUT2D eigenvalue weighted by Gasteiger charge is 2.24. The minimum absolute atomic E-state index is 0.0428. The summed E-state index contributed by atoms with van der Waals surface area (Å²) < 4.78 is 5.21. The van der Waals surface area contributed by atoms with Crippen molar-refractivity contribution in [3.05, 3.63) is 71.8 Å². The third-order valence-electron chi connectivity index (χ3n) is 4.87. The Labute approximate surface area is 198 Å². The van der Waals surface area contributed by atoms with E-state index in [4.69, 9.17) is 4.74 Å². The molecule has 0 aliphatic carbocycles. The van der Waals surface area contributed by atoms with Gasteiger partial charge in [0, 0.05) is 6.42 Å². The number of aliphatic carboxylic acids is 1. The topological polar surface area (TPSA) is 134 Å². The van der Waals surface area contributed by atoms with Crippen molar-refractivity contribution in [2.75, 3.05) is 6.54 Å². The molecule has 3 amide bonds. The summed E-state index contributed by atoms with van der Waals surface area (Å²) in [5, 5.41) is 16.7. The van der Waals surface area contributed by atoms with Crippen LogP contribution in [-0.2, 0) is 32.1 Å². The molecule has 34 heavy (non-hydrogen) atoms. The first-order valence-electron chi connectivity index (χ1n) is 11.1. The van der Waals surface area contributed by atoms with Gasteiger partial charge in [-0.25, -0.2) is 9.59 Å². The lowest BCUT2D eigenvalue weighted by atomic mass is 10.0. The van der Waals surface area contributed by atoms with Gasteiger partial charge in [-0.2, -0.15) is 0 Å². The highest BCUT2D eigenvalue weighted by molar-refractivity contribution is 5.91. The van der Waals surface area contributed by atoms with Crippen LogP contribution in [0.1, 0.15) is 31.4 Å². The summed E-state index contributed by atoms with van der Waals surface area (Å²) in [7, 11) is 0.